The van der Waals surface area contributed by atoms with Gasteiger partial charge in [-0.1, -0.05) is 6.07 Å². The minimum atomic E-state index is -0.0325. The van der Waals surface area contributed by atoms with E-state index < -0.39 is 0 Å². The van der Waals surface area contributed by atoms with Crippen LogP contribution in [0.5, 0.6) is 0 Å². The van der Waals surface area contributed by atoms with E-state index in [1.165, 1.54) is 0 Å². The average Bonchev–Trinajstić information content (AvgIpc) is 2.21. The third kappa shape index (κ3) is 2.74. The van der Waals surface area contributed by atoms with E-state index in [9.17, 15) is 4.79 Å². The van der Waals surface area contributed by atoms with Gasteiger partial charge in [-0.05, 0) is 24.6 Å². The molecule has 0 amide bonds. The fraction of sp³-hybridized carbons (Fsp3) is 0.333. The summed E-state index contributed by atoms with van der Waals surface area (Å²) in [5.74, 6) is 0.0978. The molecule has 1 aromatic heterocycles. The second kappa shape index (κ2) is 5.29. The normalized spacial score (nSPS) is 10.4. The Hall–Kier alpha value is -0.480. The standard InChI is InChI=1S/C9H11NOS2/c1-12-9(13-2)8(11)7-5-3-4-6-10-7/h3-6,9H,1-2H3. The van der Waals surface area contributed by atoms with Crippen LogP contribution >= 0.6 is 23.5 Å². The van der Waals surface area contributed by atoms with Gasteiger partial charge in [0.2, 0.25) is 5.78 Å². The van der Waals surface area contributed by atoms with Crippen molar-refractivity contribution >= 4 is 29.3 Å². The molecule has 0 aliphatic heterocycles. The van der Waals surface area contributed by atoms with Crippen molar-refractivity contribution < 1.29 is 4.79 Å². The second-order valence-electron chi connectivity index (χ2n) is 2.38. The highest BCUT2D eigenvalue weighted by Crippen LogP contribution is 2.21. The lowest BCUT2D eigenvalue weighted by Gasteiger charge is -2.08. The Balaban J connectivity index is 2.78. The number of nitrogens with zero attached hydrogens (tertiary/aromatic N) is 1. The van der Waals surface area contributed by atoms with Crippen LogP contribution in [0.1, 0.15) is 10.5 Å². The molecule has 13 heavy (non-hydrogen) atoms. The molecule has 0 N–H and O–H groups in total. The van der Waals surface area contributed by atoms with Crippen LogP contribution in [-0.4, -0.2) is 27.9 Å². The van der Waals surface area contributed by atoms with Crippen LogP contribution in [0.4, 0.5) is 0 Å². The van der Waals surface area contributed by atoms with E-state index >= 15 is 0 Å². The SMILES string of the molecule is CSC(SC)C(=O)c1ccccn1. The van der Waals surface area contributed by atoms with E-state index in [4.69, 9.17) is 0 Å². The zero-order valence-corrected chi connectivity index (χ0v) is 9.19. The highest BCUT2D eigenvalue weighted by Gasteiger charge is 2.18. The first-order valence-corrected chi connectivity index (χ1v) is 6.38. The first-order chi connectivity index (χ1) is 6.29. The smallest absolute Gasteiger partial charge is 0.204 e. The van der Waals surface area contributed by atoms with Gasteiger partial charge in [-0.15, -0.1) is 23.5 Å². The molecule has 0 bridgehead atoms. The predicted octanol–water partition coefficient (Wildman–Crippen LogP) is 2.32. The summed E-state index contributed by atoms with van der Waals surface area (Å²) in [6.45, 7) is 0. The molecule has 0 aromatic carbocycles. The number of rotatable bonds is 4. The molecule has 0 aliphatic rings. The molecule has 0 atom stereocenters. The Labute approximate surface area is 86.5 Å². The van der Waals surface area contributed by atoms with Gasteiger partial charge in [-0.2, -0.15) is 0 Å². The van der Waals surface area contributed by atoms with Crippen LogP contribution in [-0.2, 0) is 0 Å². The Morgan fingerprint density at radius 1 is 1.38 bits per heavy atom. The first-order valence-electron chi connectivity index (χ1n) is 3.80. The molecule has 2 nitrogen and oxygen atoms in total. The summed E-state index contributed by atoms with van der Waals surface area (Å²) in [7, 11) is 0. The van der Waals surface area contributed by atoms with Gasteiger partial charge in [0, 0.05) is 6.20 Å². The molecule has 70 valence electrons. The molecular formula is C9H11NOS2. The molecule has 0 spiro atoms. The van der Waals surface area contributed by atoms with Gasteiger partial charge in [0.1, 0.15) is 10.3 Å². The Bertz CT molecular complexity index is 272. The molecule has 0 saturated heterocycles. The van der Waals surface area contributed by atoms with Crippen molar-refractivity contribution in [3.8, 4) is 0 Å². The third-order valence-corrected chi connectivity index (χ3v) is 4.00. The Kier molecular flexibility index (Phi) is 4.32. The van der Waals surface area contributed by atoms with Gasteiger partial charge in [0.05, 0.1) is 0 Å². The number of ketones is 1. The van der Waals surface area contributed by atoms with Crippen molar-refractivity contribution in [2.24, 2.45) is 0 Å². The summed E-state index contributed by atoms with van der Waals surface area (Å²) >= 11 is 3.09. The lowest BCUT2D eigenvalue weighted by molar-refractivity contribution is 0.101. The molecule has 0 fully saturated rings. The molecule has 4 heteroatoms. The van der Waals surface area contributed by atoms with E-state index in [0.29, 0.717) is 5.69 Å². The number of aromatic nitrogens is 1. The number of pyridine rings is 1. The lowest BCUT2D eigenvalue weighted by Crippen LogP contribution is -2.14. The van der Waals surface area contributed by atoms with E-state index in [1.807, 2.05) is 24.6 Å². The molecule has 0 radical (unpaired) electrons. The monoisotopic (exact) mass is 213 g/mol. The molecule has 1 rings (SSSR count). The number of hydrogen-bond donors (Lipinski definition) is 0. The van der Waals surface area contributed by atoms with E-state index in [0.717, 1.165) is 0 Å². The summed E-state index contributed by atoms with van der Waals surface area (Å²) in [6.07, 6.45) is 5.51. The Morgan fingerprint density at radius 2 is 2.08 bits per heavy atom. The number of carbonyl (C=O) groups is 1. The van der Waals surface area contributed by atoms with Gasteiger partial charge < -0.3 is 0 Å². The molecule has 1 aromatic rings. The molecule has 0 saturated carbocycles. The van der Waals surface area contributed by atoms with Crippen LogP contribution in [0.3, 0.4) is 0 Å². The summed E-state index contributed by atoms with van der Waals surface area (Å²) in [6, 6.07) is 5.39. The van der Waals surface area contributed by atoms with Gasteiger partial charge in [0.15, 0.2) is 0 Å². The van der Waals surface area contributed by atoms with Gasteiger partial charge in [-0.25, -0.2) is 0 Å². The predicted molar refractivity (Wildman–Crippen MR) is 59.4 cm³/mol. The largest absolute Gasteiger partial charge is 0.290 e. The molecule has 0 unspecified atom stereocenters. The lowest BCUT2D eigenvalue weighted by atomic mass is 10.3. The summed E-state index contributed by atoms with van der Waals surface area (Å²) in [5, 5.41) is 0. The van der Waals surface area contributed by atoms with Crippen molar-refractivity contribution in [2.45, 2.75) is 4.58 Å². The van der Waals surface area contributed by atoms with Crippen LogP contribution in [0.25, 0.3) is 0 Å². The molecule has 0 aliphatic carbocycles. The minimum absolute atomic E-state index is 0.0325. The van der Waals surface area contributed by atoms with Crippen LogP contribution in [0, 0.1) is 0 Å². The second-order valence-corrected chi connectivity index (χ2v) is 4.57. The quantitative estimate of drug-likeness (QED) is 0.567. The maximum Gasteiger partial charge on any atom is 0.204 e. The highest BCUT2D eigenvalue weighted by molar-refractivity contribution is 8.17. The molecular weight excluding hydrogens is 202 g/mol. The summed E-state index contributed by atoms with van der Waals surface area (Å²) in [4.78, 5) is 15.7. The van der Waals surface area contributed by atoms with Crippen LogP contribution in [0.2, 0.25) is 0 Å². The maximum absolute atomic E-state index is 11.7. The van der Waals surface area contributed by atoms with Crippen molar-refractivity contribution in [1.29, 1.82) is 0 Å². The third-order valence-electron chi connectivity index (χ3n) is 1.56. The average molecular weight is 213 g/mol. The zero-order valence-electron chi connectivity index (χ0n) is 7.56. The van der Waals surface area contributed by atoms with Gasteiger partial charge in [-0.3, -0.25) is 9.78 Å². The van der Waals surface area contributed by atoms with Crippen LogP contribution in [0.15, 0.2) is 24.4 Å². The van der Waals surface area contributed by atoms with Crippen molar-refractivity contribution in [2.75, 3.05) is 12.5 Å². The van der Waals surface area contributed by atoms with Crippen LogP contribution < -0.4 is 0 Å². The summed E-state index contributed by atoms with van der Waals surface area (Å²) < 4.78 is -0.0325. The maximum atomic E-state index is 11.7. The van der Waals surface area contributed by atoms with Gasteiger partial charge in [0.25, 0.3) is 0 Å². The van der Waals surface area contributed by atoms with E-state index in [2.05, 4.69) is 4.98 Å². The zero-order chi connectivity index (χ0) is 9.68. The number of hydrogen-bond acceptors (Lipinski definition) is 4. The van der Waals surface area contributed by atoms with Crippen molar-refractivity contribution in [3.63, 3.8) is 0 Å². The minimum Gasteiger partial charge on any atom is -0.290 e. The molecule has 1 heterocycles. The van der Waals surface area contributed by atoms with E-state index in [-0.39, 0.29) is 10.4 Å². The first kappa shape index (κ1) is 10.6. The number of thioether (sulfide) groups is 2. The topological polar surface area (TPSA) is 30.0 Å². The van der Waals surface area contributed by atoms with Gasteiger partial charge >= 0.3 is 0 Å². The van der Waals surface area contributed by atoms with Crippen molar-refractivity contribution in [3.05, 3.63) is 30.1 Å². The fourth-order valence-corrected chi connectivity index (χ4v) is 2.38. The number of carbonyl (C=O) groups excluding carboxylic acids is 1. The van der Waals surface area contributed by atoms with Crippen molar-refractivity contribution in [1.82, 2.24) is 4.98 Å². The fourth-order valence-electron chi connectivity index (χ4n) is 0.940. The van der Waals surface area contributed by atoms with E-state index in [1.54, 1.807) is 35.8 Å². The summed E-state index contributed by atoms with van der Waals surface area (Å²) in [5.41, 5.74) is 0.552. The highest BCUT2D eigenvalue weighted by atomic mass is 32.2. The Morgan fingerprint density at radius 3 is 2.54 bits per heavy atom. The number of Topliss-reactive ketones (excluding diaryl/α,β-unsaturated/α-hetero) is 1.